The van der Waals surface area contributed by atoms with E-state index in [0.29, 0.717) is 19.0 Å². The zero-order chi connectivity index (χ0) is 14.5. The number of nitrogens with one attached hydrogen (secondary N) is 2. The van der Waals surface area contributed by atoms with Crippen LogP contribution in [0.5, 0.6) is 0 Å². The van der Waals surface area contributed by atoms with Crippen LogP contribution in [0.2, 0.25) is 0 Å². The molecule has 1 aliphatic heterocycles. The highest BCUT2D eigenvalue weighted by molar-refractivity contribution is 6.06. The summed E-state index contributed by atoms with van der Waals surface area (Å²) in [6.45, 7) is 3.12. The highest BCUT2D eigenvalue weighted by Gasteiger charge is 2.20. The Labute approximate surface area is 116 Å². The summed E-state index contributed by atoms with van der Waals surface area (Å²) >= 11 is 0. The van der Waals surface area contributed by atoms with Gasteiger partial charge in [0.25, 0.3) is 0 Å². The van der Waals surface area contributed by atoms with Gasteiger partial charge in [0.2, 0.25) is 11.9 Å². The average Bonchev–Trinajstić information content (AvgIpc) is 2.85. The molecule has 2 rings (SSSR count). The van der Waals surface area contributed by atoms with Crippen molar-refractivity contribution < 1.29 is 9.59 Å². The molecule has 0 radical (unpaired) electrons. The minimum absolute atomic E-state index is 0.205. The van der Waals surface area contributed by atoms with Crippen LogP contribution in [0.3, 0.4) is 0 Å². The van der Waals surface area contributed by atoms with E-state index < -0.39 is 11.9 Å². The molecule has 3 amide bonds. The number of aliphatic imine (C=N–C) groups is 1. The van der Waals surface area contributed by atoms with E-state index in [4.69, 9.17) is 5.73 Å². The summed E-state index contributed by atoms with van der Waals surface area (Å²) in [6.07, 6.45) is 0. The van der Waals surface area contributed by atoms with E-state index >= 15 is 0 Å². The van der Waals surface area contributed by atoms with Crippen LogP contribution in [0.4, 0.5) is 10.5 Å². The van der Waals surface area contributed by atoms with Gasteiger partial charge in [-0.05, 0) is 19.1 Å². The fourth-order valence-electron chi connectivity index (χ4n) is 1.84. The van der Waals surface area contributed by atoms with E-state index in [9.17, 15) is 9.59 Å². The number of hydrogen-bond acceptors (Lipinski definition) is 4. The standard InChI is InChI=1S/C13H17N5O2/c1-9-2-4-10(5-3-9)18-7-6-15-12(18)17-13(20)16-8-11(14)19/h2-5H,6-8H2,1H3,(H2,14,19)(H2,15,16,17,20). The Hall–Kier alpha value is -2.57. The summed E-state index contributed by atoms with van der Waals surface area (Å²) < 4.78 is 0. The second-order valence-corrected chi connectivity index (χ2v) is 4.47. The van der Waals surface area contributed by atoms with Gasteiger partial charge in [0.05, 0.1) is 13.1 Å². The predicted molar refractivity (Wildman–Crippen MR) is 76.6 cm³/mol. The second kappa shape index (κ2) is 6.05. The van der Waals surface area contributed by atoms with Crippen molar-refractivity contribution in [1.29, 1.82) is 0 Å². The first-order valence-corrected chi connectivity index (χ1v) is 6.28. The molecule has 106 valence electrons. The highest BCUT2D eigenvalue weighted by Crippen LogP contribution is 2.17. The summed E-state index contributed by atoms with van der Waals surface area (Å²) in [7, 11) is 0. The molecular weight excluding hydrogens is 258 g/mol. The first kappa shape index (κ1) is 13.9. The average molecular weight is 275 g/mol. The molecule has 0 aliphatic carbocycles. The van der Waals surface area contributed by atoms with Gasteiger partial charge in [-0.15, -0.1) is 0 Å². The minimum Gasteiger partial charge on any atom is -0.368 e. The zero-order valence-electron chi connectivity index (χ0n) is 11.2. The topological polar surface area (TPSA) is 99.8 Å². The number of nitrogens with zero attached hydrogens (tertiary/aromatic N) is 2. The number of guanidine groups is 1. The quantitative estimate of drug-likeness (QED) is 0.721. The lowest BCUT2D eigenvalue weighted by molar-refractivity contribution is -0.117. The molecule has 7 heteroatoms. The number of carbonyl (C=O) groups is 2. The first-order valence-electron chi connectivity index (χ1n) is 6.28. The van der Waals surface area contributed by atoms with Crippen LogP contribution in [0.1, 0.15) is 5.56 Å². The minimum atomic E-state index is -0.594. The van der Waals surface area contributed by atoms with Gasteiger partial charge in [0.15, 0.2) is 0 Å². The van der Waals surface area contributed by atoms with Gasteiger partial charge >= 0.3 is 6.03 Å². The lowest BCUT2D eigenvalue weighted by atomic mass is 10.2. The molecule has 7 nitrogen and oxygen atoms in total. The molecule has 1 aromatic rings. The maximum Gasteiger partial charge on any atom is 0.321 e. The number of amides is 3. The lowest BCUT2D eigenvalue weighted by Crippen LogP contribution is -2.48. The van der Waals surface area contributed by atoms with Gasteiger partial charge < -0.3 is 16.0 Å². The number of nitrogens with two attached hydrogens (primary N) is 1. The van der Waals surface area contributed by atoms with Gasteiger partial charge in [-0.1, -0.05) is 17.7 Å². The molecule has 0 bridgehead atoms. The van der Waals surface area contributed by atoms with Crippen molar-refractivity contribution in [3.63, 3.8) is 0 Å². The summed E-state index contributed by atoms with van der Waals surface area (Å²) in [6, 6.07) is 7.44. The Bertz CT molecular complexity index is 538. The molecule has 0 atom stereocenters. The van der Waals surface area contributed by atoms with E-state index in [0.717, 1.165) is 5.69 Å². The van der Waals surface area contributed by atoms with Crippen LogP contribution in [0.15, 0.2) is 29.3 Å². The van der Waals surface area contributed by atoms with E-state index in [2.05, 4.69) is 15.6 Å². The Balaban J connectivity index is 1.98. The summed E-state index contributed by atoms with van der Waals surface area (Å²) in [4.78, 5) is 28.3. The van der Waals surface area contributed by atoms with Crippen molar-refractivity contribution in [2.75, 3.05) is 24.5 Å². The van der Waals surface area contributed by atoms with Crippen LogP contribution in [-0.2, 0) is 4.79 Å². The van der Waals surface area contributed by atoms with Crippen molar-refractivity contribution in [3.8, 4) is 0 Å². The number of hydrogen-bond donors (Lipinski definition) is 3. The second-order valence-electron chi connectivity index (χ2n) is 4.47. The number of rotatable bonds is 3. The molecule has 0 spiro atoms. The largest absolute Gasteiger partial charge is 0.368 e. The third-order valence-electron chi connectivity index (χ3n) is 2.84. The number of carbonyl (C=O) groups excluding carboxylic acids is 2. The number of primary amides is 1. The fraction of sp³-hybridized carbons (Fsp3) is 0.308. The molecule has 1 heterocycles. The molecule has 1 aliphatic rings. The molecule has 0 fully saturated rings. The third kappa shape index (κ3) is 3.47. The molecule has 0 saturated heterocycles. The SMILES string of the molecule is Cc1ccc(N2CCN=C2NC(=O)NCC(N)=O)cc1. The van der Waals surface area contributed by atoms with Gasteiger partial charge in [-0.3, -0.25) is 15.1 Å². The van der Waals surface area contributed by atoms with Gasteiger partial charge in [0.1, 0.15) is 0 Å². The molecule has 0 saturated carbocycles. The Morgan fingerprint density at radius 3 is 2.70 bits per heavy atom. The molecule has 0 aromatic heterocycles. The van der Waals surface area contributed by atoms with Gasteiger partial charge in [-0.2, -0.15) is 0 Å². The maximum absolute atomic E-state index is 11.6. The Kier molecular flexibility index (Phi) is 4.19. The van der Waals surface area contributed by atoms with Crippen LogP contribution < -0.4 is 21.3 Å². The molecule has 4 N–H and O–H groups in total. The first-order chi connectivity index (χ1) is 9.56. The summed E-state index contributed by atoms with van der Waals surface area (Å²) in [5, 5.41) is 4.97. The maximum atomic E-state index is 11.6. The van der Waals surface area contributed by atoms with Gasteiger partial charge in [-0.25, -0.2) is 4.79 Å². The third-order valence-corrected chi connectivity index (χ3v) is 2.84. The van der Waals surface area contributed by atoms with Crippen LogP contribution in [-0.4, -0.2) is 37.5 Å². The van der Waals surface area contributed by atoms with E-state index in [1.165, 1.54) is 5.56 Å². The Morgan fingerprint density at radius 2 is 2.05 bits per heavy atom. The molecular formula is C13H17N5O2. The number of urea groups is 1. The lowest BCUT2D eigenvalue weighted by Gasteiger charge is -2.20. The predicted octanol–water partition coefficient (Wildman–Crippen LogP) is -0.0445. The molecule has 0 unspecified atom stereocenters. The van der Waals surface area contributed by atoms with E-state index in [1.54, 1.807) is 0 Å². The van der Waals surface area contributed by atoms with Crippen molar-refractivity contribution in [1.82, 2.24) is 10.6 Å². The Morgan fingerprint density at radius 1 is 1.35 bits per heavy atom. The van der Waals surface area contributed by atoms with E-state index in [1.807, 2.05) is 36.1 Å². The fourth-order valence-corrected chi connectivity index (χ4v) is 1.84. The normalized spacial score (nSPS) is 13.8. The van der Waals surface area contributed by atoms with Crippen LogP contribution in [0, 0.1) is 6.92 Å². The number of benzene rings is 1. The van der Waals surface area contributed by atoms with Crippen LogP contribution in [0.25, 0.3) is 0 Å². The monoisotopic (exact) mass is 275 g/mol. The van der Waals surface area contributed by atoms with E-state index in [-0.39, 0.29) is 6.54 Å². The van der Waals surface area contributed by atoms with Gasteiger partial charge in [0, 0.05) is 12.2 Å². The summed E-state index contributed by atoms with van der Waals surface area (Å²) in [5.74, 6) is -0.125. The molecule has 1 aromatic carbocycles. The zero-order valence-corrected chi connectivity index (χ0v) is 11.2. The molecule has 20 heavy (non-hydrogen) atoms. The number of anilines is 1. The smallest absolute Gasteiger partial charge is 0.321 e. The van der Waals surface area contributed by atoms with Crippen molar-refractivity contribution in [2.45, 2.75) is 6.92 Å². The highest BCUT2D eigenvalue weighted by atomic mass is 16.2. The summed E-state index contributed by atoms with van der Waals surface area (Å²) in [5.41, 5.74) is 7.08. The van der Waals surface area contributed by atoms with Crippen molar-refractivity contribution in [3.05, 3.63) is 29.8 Å². The van der Waals surface area contributed by atoms with Crippen molar-refractivity contribution in [2.24, 2.45) is 10.7 Å². The van der Waals surface area contributed by atoms with Crippen LogP contribution >= 0.6 is 0 Å². The number of aryl methyl sites for hydroxylation is 1. The van der Waals surface area contributed by atoms with Crippen molar-refractivity contribution >= 4 is 23.6 Å².